The van der Waals surface area contributed by atoms with Gasteiger partial charge in [0.05, 0.1) is 18.8 Å². The highest BCUT2D eigenvalue weighted by atomic mass is 16.4. The fraction of sp³-hybridized carbons (Fsp3) is 0.833. The number of rotatable bonds is 2. The molecule has 2 aliphatic rings. The zero-order valence-corrected chi connectivity index (χ0v) is 10.7. The molecule has 2 fully saturated rings. The van der Waals surface area contributed by atoms with Gasteiger partial charge in [0.1, 0.15) is 6.04 Å². The quantitative estimate of drug-likeness (QED) is 0.627. The average molecular weight is 272 g/mol. The molecule has 2 amide bonds. The highest BCUT2D eigenvalue weighted by molar-refractivity contribution is 5.83. The Morgan fingerprint density at radius 3 is 2.58 bits per heavy atom. The summed E-state index contributed by atoms with van der Waals surface area (Å²) in [6.07, 6.45) is 1.83. The van der Waals surface area contributed by atoms with E-state index in [-0.39, 0.29) is 31.6 Å². The van der Waals surface area contributed by atoms with Crippen molar-refractivity contribution in [3.63, 3.8) is 0 Å². The monoisotopic (exact) mass is 272 g/mol. The molecule has 0 radical (unpaired) electrons. The standard InChI is InChI=1S/C12H20N2O5/c15-7-8-3-1-2-4-13(8)12(19)14-6-9(16)5-10(14)11(17)18/h8-10,15-16H,1-7H2,(H,17,18)/t8?,9-,10-/m1/s1. The number of piperidine rings is 1. The molecular formula is C12H20N2O5. The van der Waals surface area contributed by atoms with Crippen molar-refractivity contribution >= 4 is 12.0 Å². The Hall–Kier alpha value is -1.34. The maximum Gasteiger partial charge on any atom is 0.326 e. The smallest absolute Gasteiger partial charge is 0.326 e. The lowest BCUT2D eigenvalue weighted by Crippen LogP contribution is -2.54. The second-order valence-electron chi connectivity index (χ2n) is 5.20. The van der Waals surface area contributed by atoms with Gasteiger partial charge in [0, 0.05) is 19.5 Å². The van der Waals surface area contributed by atoms with Crippen molar-refractivity contribution in [3.8, 4) is 0 Å². The molecule has 0 saturated carbocycles. The van der Waals surface area contributed by atoms with E-state index in [9.17, 15) is 19.8 Å². The maximum atomic E-state index is 12.4. The summed E-state index contributed by atoms with van der Waals surface area (Å²) < 4.78 is 0. The van der Waals surface area contributed by atoms with Gasteiger partial charge in [-0.15, -0.1) is 0 Å². The number of carboxylic acid groups (broad SMARTS) is 1. The van der Waals surface area contributed by atoms with E-state index in [4.69, 9.17) is 5.11 Å². The lowest BCUT2D eigenvalue weighted by Gasteiger charge is -2.38. The number of urea groups is 1. The normalized spacial score (nSPS) is 31.6. The number of likely N-dealkylation sites (tertiary alicyclic amines) is 2. The van der Waals surface area contributed by atoms with Gasteiger partial charge in [0.15, 0.2) is 0 Å². The molecule has 2 rings (SSSR count). The van der Waals surface area contributed by atoms with Crippen molar-refractivity contribution in [1.29, 1.82) is 0 Å². The Morgan fingerprint density at radius 2 is 1.95 bits per heavy atom. The molecule has 19 heavy (non-hydrogen) atoms. The van der Waals surface area contributed by atoms with Crippen molar-refractivity contribution < 1.29 is 24.9 Å². The van der Waals surface area contributed by atoms with E-state index in [2.05, 4.69) is 0 Å². The first-order valence-electron chi connectivity index (χ1n) is 6.63. The van der Waals surface area contributed by atoms with E-state index in [1.165, 1.54) is 9.80 Å². The highest BCUT2D eigenvalue weighted by Gasteiger charge is 2.42. The number of nitrogens with zero attached hydrogens (tertiary/aromatic N) is 2. The minimum absolute atomic E-state index is 0.0461. The molecule has 2 aliphatic heterocycles. The van der Waals surface area contributed by atoms with Crippen LogP contribution in [-0.2, 0) is 4.79 Å². The second-order valence-corrected chi connectivity index (χ2v) is 5.20. The SMILES string of the molecule is O=C(O)[C@H]1C[C@@H](O)CN1C(=O)N1CCCCC1CO. The van der Waals surface area contributed by atoms with E-state index in [0.717, 1.165) is 19.3 Å². The summed E-state index contributed by atoms with van der Waals surface area (Å²) in [6, 6.07) is -1.60. The molecule has 0 spiro atoms. The number of amides is 2. The van der Waals surface area contributed by atoms with Crippen LogP contribution in [0.5, 0.6) is 0 Å². The predicted octanol–water partition coefficient (Wildman–Crippen LogP) is -0.527. The fourth-order valence-electron chi connectivity index (χ4n) is 2.87. The number of aliphatic carboxylic acids is 1. The second kappa shape index (κ2) is 5.75. The first kappa shape index (κ1) is 14.1. The van der Waals surface area contributed by atoms with Gasteiger partial charge in [-0.25, -0.2) is 9.59 Å². The van der Waals surface area contributed by atoms with E-state index < -0.39 is 18.1 Å². The molecule has 3 N–H and O–H groups in total. The van der Waals surface area contributed by atoms with E-state index in [1.807, 2.05) is 0 Å². The predicted molar refractivity (Wildman–Crippen MR) is 65.6 cm³/mol. The minimum Gasteiger partial charge on any atom is -0.480 e. The summed E-state index contributed by atoms with van der Waals surface area (Å²) in [5.74, 6) is -1.09. The minimum atomic E-state index is -1.09. The van der Waals surface area contributed by atoms with Crippen LogP contribution in [0.3, 0.4) is 0 Å². The number of hydrogen-bond acceptors (Lipinski definition) is 4. The van der Waals surface area contributed by atoms with E-state index in [1.54, 1.807) is 0 Å². The molecule has 2 heterocycles. The number of carbonyl (C=O) groups excluding carboxylic acids is 1. The summed E-state index contributed by atoms with van der Waals surface area (Å²) in [7, 11) is 0. The van der Waals surface area contributed by atoms with Crippen LogP contribution in [0.1, 0.15) is 25.7 Å². The van der Waals surface area contributed by atoms with Crippen LogP contribution >= 0.6 is 0 Å². The Balaban J connectivity index is 2.11. The van der Waals surface area contributed by atoms with Crippen molar-refractivity contribution in [2.45, 2.75) is 43.9 Å². The van der Waals surface area contributed by atoms with Gasteiger partial charge in [-0.2, -0.15) is 0 Å². The van der Waals surface area contributed by atoms with Crippen LogP contribution in [0, 0.1) is 0 Å². The molecule has 0 aromatic rings. The molecule has 1 unspecified atom stereocenters. The van der Waals surface area contributed by atoms with Gasteiger partial charge in [-0.05, 0) is 19.3 Å². The van der Waals surface area contributed by atoms with Crippen LogP contribution in [0.4, 0.5) is 4.79 Å². The van der Waals surface area contributed by atoms with Gasteiger partial charge < -0.3 is 25.1 Å². The van der Waals surface area contributed by atoms with Crippen LogP contribution in [0.2, 0.25) is 0 Å². The summed E-state index contributed by atoms with van der Waals surface area (Å²) in [5.41, 5.74) is 0. The number of hydrogen-bond donors (Lipinski definition) is 3. The van der Waals surface area contributed by atoms with Crippen LogP contribution in [0.25, 0.3) is 0 Å². The van der Waals surface area contributed by atoms with Gasteiger partial charge in [-0.1, -0.05) is 0 Å². The summed E-state index contributed by atoms with van der Waals surface area (Å²) >= 11 is 0. The number of carbonyl (C=O) groups is 2. The summed E-state index contributed by atoms with van der Waals surface area (Å²) in [4.78, 5) is 26.3. The molecule has 0 aliphatic carbocycles. The number of β-amino-alcohol motifs (C(OH)–C–C–N with tert-alkyl or cyclic N) is 1. The Bertz CT molecular complexity index is 362. The van der Waals surface area contributed by atoms with E-state index in [0.29, 0.717) is 6.54 Å². The first-order valence-corrected chi connectivity index (χ1v) is 6.63. The molecule has 7 heteroatoms. The molecule has 0 aromatic heterocycles. The molecule has 0 aromatic carbocycles. The molecule has 2 saturated heterocycles. The summed E-state index contributed by atoms with van der Waals surface area (Å²) in [6.45, 7) is 0.466. The third-order valence-electron chi connectivity index (χ3n) is 3.89. The van der Waals surface area contributed by atoms with Gasteiger partial charge >= 0.3 is 12.0 Å². The van der Waals surface area contributed by atoms with Gasteiger partial charge in [0.2, 0.25) is 0 Å². The van der Waals surface area contributed by atoms with Crippen LogP contribution in [-0.4, -0.2) is 75.0 Å². The Labute approximate surface area is 111 Å². The largest absolute Gasteiger partial charge is 0.480 e. The number of aliphatic hydroxyl groups is 2. The summed E-state index contributed by atoms with van der Waals surface area (Å²) in [5, 5.41) is 28.0. The van der Waals surface area contributed by atoms with Crippen molar-refractivity contribution in [3.05, 3.63) is 0 Å². The fourth-order valence-corrected chi connectivity index (χ4v) is 2.87. The topological polar surface area (TPSA) is 101 Å². The van der Waals surface area contributed by atoms with Crippen molar-refractivity contribution in [2.24, 2.45) is 0 Å². The zero-order valence-electron chi connectivity index (χ0n) is 10.7. The number of carboxylic acids is 1. The third kappa shape index (κ3) is 2.82. The molecular weight excluding hydrogens is 252 g/mol. The van der Waals surface area contributed by atoms with E-state index >= 15 is 0 Å². The molecule has 0 bridgehead atoms. The lowest BCUT2D eigenvalue weighted by molar-refractivity contribution is -0.141. The van der Waals surface area contributed by atoms with Gasteiger partial charge in [0.25, 0.3) is 0 Å². The Kier molecular flexibility index (Phi) is 4.26. The van der Waals surface area contributed by atoms with Crippen molar-refractivity contribution in [2.75, 3.05) is 19.7 Å². The third-order valence-corrected chi connectivity index (χ3v) is 3.89. The molecule has 3 atom stereocenters. The lowest BCUT2D eigenvalue weighted by atomic mass is 10.0. The van der Waals surface area contributed by atoms with Crippen LogP contribution < -0.4 is 0 Å². The Morgan fingerprint density at radius 1 is 1.21 bits per heavy atom. The maximum absolute atomic E-state index is 12.4. The highest BCUT2D eigenvalue weighted by Crippen LogP contribution is 2.24. The first-order chi connectivity index (χ1) is 9.04. The van der Waals surface area contributed by atoms with Crippen molar-refractivity contribution in [1.82, 2.24) is 9.80 Å². The number of aliphatic hydroxyl groups excluding tert-OH is 2. The zero-order chi connectivity index (χ0) is 14.0. The van der Waals surface area contributed by atoms with Crippen LogP contribution in [0.15, 0.2) is 0 Å². The molecule has 7 nitrogen and oxygen atoms in total. The average Bonchev–Trinajstić information content (AvgIpc) is 2.80. The van der Waals surface area contributed by atoms with Gasteiger partial charge in [-0.3, -0.25) is 0 Å². The molecule has 108 valence electrons.